The predicted molar refractivity (Wildman–Crippen MR) is 188 cm³/mol. The molecule has 5 rings (SSSR count). The van der Waals surface area contributed by atoms with E-state index in [0.29, 0.717) is 65.7 Å². The van der Waals surface area contributed by atoms with Crippen LogP contribution in [0.1, 0.15) is 35.7 Å². The van der Waals surface area contributed by atoms with E-state index in [-0.39, 0.29) is 17.5 Å². The average Bonchev–Trinajstić information content (AvgIpc) is 3.44. The smallest absolute Gasteiger partial charge is 0.326 e. The minimum atomic E-state index is -3.76. The molecule has 14 heteroatoms. The fourth-order valence-electron chi connectivity index (χ4n) is 5.76. The van der Waals surface area contributed by atoms with E-state index in [2.05, 4.69) is 4.90 Å². The first-order valence-electron chi connectivity index (χ1n) is 15.3. The number of carbonyl (C=O) groups excluding carboxylic acids is 1. The standard InChI is InChI=1S/C33H39Cl2N5O5S2/c1-5-45-29-22-27(47(43,44)37(2)3)14-15-28(29)32-36-30(23-6-10-25(34)11-7-23)31(24-8-12-26(35)13-9-24)40(32)33(41)39-18-16-38(17-19-39)20-21-46(4)42/h6-15,22,30-31H,5,16-21H2,1-4H3/t30-,31+,46?/m0/s1. The first-order valence-corrected chi connectivity index (χ1v) is 19.2. The Bertz CT molecular complexity index is 1750. The van der Waals surface area contributed by atoms with Crippen molar-refractivity contribution in [2.75, 3.05) is 65.4 Å². The fourth-order valence-corrected chi connectivity index (χ4v) is 7.45. The Morgan fingerprint density at radius 2 is 1.55 bits per heavy atom. The van der Waals surface area contributed by atoms with Crippen LogP contribution >= 0.6 is 23.2 Å². The number of nitrogens with zero attached hydrogens (tertiary/aromatic N) is 5. The molecule has 0 bridgehead atoms. The molecule has 2 heterocycles. The van der Waals surface area contributed by atoms with Gasteiger partial charge in [0.1, 0.15) is 17.6 Å². The van der Waals surface area contributed by atoms with Crippen LogP contribution in [0.2, 0.25) is 10.0 Å². The van der Waals surface area contributed by atoms with Crippen LogP contribution in [0.3, 0.4) is 0 Å². The highest BCUT2D eigenvalue weighted by molar-refractivity contribution is 7.89. The number of sulfonamides is 1. The average molecular weight is 721 g/mol. The monoisotopic (exact) mass is 719 g/mol. The van der Waals surface area contributed by atoms with Gasteiger partial charge < -0.3 is 9.64 Å². The van der Waals surface area contributed by atoms with Crippen LogP contribution in [-0.2, 0) is 20.8 Å². The molecule has 0 spiro atoms. The lowest BCUT2D eigenvalue weighted by atomic mass is 9.93. The van der Waals surface area contributed by atoms with Gasteiger partial charge in [0.2, 0.25) is 10.0 Å². The van der Waals surface area contributed by atoms with E-state index in [9.17, 15) is 17.4 Å². The predicted octanol–water partition coefficient (Wildman–Crippen LogP) is 5.30. The molecule has 1 unspecified atom stereocenters. The Hall–Kier alpha value is -3.00. The van der Waals surface area contributed by atoms with Gasteiger partial charge in [-0.15, -0.1) is 0 Å². The lowest BCUT2D eigenvalue weighted by Gasteiger charge is -2.39. The lowest BCUT2D eigenvalue weighted by Crippen LogP contribution is -2.54. The van der Waals surface area contributed by atoms with Crippen LogP contribution in [-0.4, -0.2) is 109 Å². The molecule has 0 radical (unpaired) electrons. The summed E-state index contributed by atoms with van der Waals surface area (Å²) in [4.78, 5) is 25.7. The van der Waals surface area contributed by atoms with E-state index in [4.69, 9.17) is 32.9 Å². The van der Waals surface area contributed by atoms with Crippen LogP contribution in [0.4, 0.5) is 4.79 Å². The first-order chi connectivity index (χ1) is 22.4. The number of rotatable bonds is 10. The van der Waals surface area contributed by atoms with Crippen molar-refractivity contribution in [2.24, 2.45) is 4.99 Å². The third-order valence-electron chi connectivity index (χ3n) is 8.31. The van der Waals surface area contributed by atoms with Gasteiger partial charge in [0.15, 0.2) is 0 Å². The SMILES string of the molecule is CCOc1cc(S(=O)(=O)N(C)C)ccc1C1=N[C@@H](c2ccc(Cl)cc2)[C@@H](c2ccc(Cl)cc2)N1C(=O)N1CCN(CCS(C)=O)CC1. The fraction of sp³-hybridized carbons (Fsp3) is 0.394. The Morgan fingerprint density at radius 3 is 2.11 bits per heavy atom. The normalized spacial score (nSPS) is 19.6. The summed E-state index contributed by atoms with van der Waals surface area (Å²) in [5, 5.41) is 1.14. The van der Waals surface area contributed by atoms with E-state index in [0.717, 1.165) is 15.4 Å². The number of piperazine rings is 1. The third-order valence-corrected chi connectivity index (χ3v) is 11.4. The summed E-state index contributed by atoms with van der Waals surface area (Å²) in [7, 11) is -1.71. The summed E-state index contributed by atoms with van der Waals surface area (Å²) in [6.45, 7) is 5.05. The van der Waals surface area contributed by atoms with Gasteiger partial charge in [0, 0.05) is 85.7 Å². The van der Waals surface area contributed by atoms with Gasteiger partial charge in [0.25, 0.3) is 0 Å². The zero-order valence-electron chi connectivity index (χ0n) is 26.8. The van der Waals surface area contributed by atoms with Crippen molar-refractivity contribution in [1.29, 1.82) is 0 Å². The maximum Gasteiger partial charge on any atom is 0.326 e. The summed E-state index contributed by atoms with van der Waals surface area (Å²) in [5.41, 5.74) is 2.18. The number of amides is 2. The molecule has 10 nitrogen and oxygen atoms in total. The molecule has 0 saturated carbocycles. The van der Waals surface area contributed by atoms with Gasteiger partial charge in [-0.2, -0.15) is 0 Å². The number of amidine groups is 1. The van der Waals surface area contributed by atoms with Crippen molar-refractivity contribution in [2.45, 2.75) is 23.9 Å². The van der Waals surface area contributed by atoms with Crippen molar-refractivity contribution in [1.82, 2.24) is 19.0 Å². The number of hydrogen-bond acceptors (Lipinski definition) is 7. The van der Waals surface area contributed by atoms with Crippen LogP contribution in [0.25, 0.3) is 0 Å². The topological polar surface area (TPSA) is 103 Å². The molecule has 3 atom stereocenters. The number of hydrogen-bond donors (Lipinski definition) is 0. The maximum absolute atomic E-state index is 14.7. The second-order valence-electron chi connectivity index (χ2n) is 11.6. The van der Waals surface area contributed by atoms with E-state index < -0.39 is 32.9 Å². The summed E-state index contributed by atoms with van der Waals surface area (Å²) < 4.78 is 45.0. The molecule has 1 fully saturated rings. The summed E-state index contributed by atoms with van der Waals surface area (Å²) in [6, 6.07) is 18.1. The molecule has 2 aliphatic heterocycles. The van der Waals surface area contributed by atoms with Gasteiger partial charge in [0.05, 0.1) is 23.1 Å². The molecular weight excluding hydrogens is 681 g/mol. The zero-order valence-corrected chi connectivity index (χ0v) is 29.9. The molecule has 252 valence electrons. The number of aliphatic imine (C=N–C) groups is 1. The second kappa shape index (κ2) is 15.0. The first kappa shape index (κ1) is 35.3. The Kier molecular flexibility index (Phi) is 11.3. The van der Waals surface area contributed by atoms with E-state index >= 15 is 0 Å². The maximum atomic E-state index is 14.7. The van der Waals surface area contributed by atoms with Crippen LogP contribution in [0, 0.1) is 0 Å². The van der Waals surface area contributed by atoms with Gasteiger partial charge in [-0.25, -0.2) is 17.5 Å². The van der Waals surface area contributed by atoms with Crippen molar-refractivity contribution in [3.05, 3.63) is 93.5 Å². The van der Waals surface area contributed by atoms with Crippen molar-refractivity contribution >= 4 is 55.9 Å². The number of halogens is 2. The van der Waals surface area contributed by atoms with Crippen LogP contribution in [0.15, 0.2) is 76.6 Å². The van der Waals surface area contributed by atoms with Crippen molar-refractivity contribution in [3.8, 4) is 5.75 Å². The van der Waals surface area contributed by atoms with E-state index in [1.165, 1.54) is 26.2 Å². The highest BCUT2D eigenvalue weighted by atomic mass is 35.5. The molecule has 2 aliphatic rings. The molecule has 0 aliphatic carbocycles. The van der Waals surface area contributed by atoms with Gasteiger partial charge in [-0.1, -0.05) is 47.5 Å². The minimum Gasteiger partial charge on any atom is -0.493 e. The Labute approximate surface area is 289 Å². The lowest BCUT2D eigenvalue weighted by molar-refractivity contribution is 0.122. The van der Waals surface area contributed by atoms with Crippen LogP contribution < -0.4 is 4.74 Å². The largest absolute Gasteiger partial charge is 0.493 e. The molecule has 47 heavy (non-hydrogen) atoms. The highest BCUT2D eigenvalue weighted by Crippen LogP contribution is 2.45. The van der Waals surface area contributed by atoms with Crippen molar-refractivity contribution in [3.63, 3.8) is 0 Å². The summed E-state index contributed by atoms with van der Waals surface area (Å²) in [5.74, 6) is 1.25. The molecule has 1 saturated heterocycles. The number of urea groups is 1. The Balaban J connectivity index is 1.63. The van der Waals surface area contributed by atoms with E-state index in [1.54, 1.807) is 41.5 Å². The third kappa shape index (κ3) is 7.84. The number of carbonyl (C=O) groups is 1. The number of benzene rings is 3. The highest BCUT2D eigenvalue weighted by Gasteiger charge is 2.45. The summed E-state index contributed by atoms with van der Waals surface area (Å²) >= 11 is 12.6. The molecule has 3 aromatic rings. The van der Waals surface area contributed by atoms with E-state index in [1.807, 2.05) is 36.1 Å². The molecular formula is C33H39Cl2N5O5S2. The summed E-state index contributed by atoms with van der Waals surface area (Å²) in [6.07, 6.45) is 1.70. The quantitative estimate of drug-likeness (QED) is 0.282. The number of ether oxygens (including phenoxy) is 1. The molecule has 0 aromatic heterocycles. The van der Waals surface area contributed by atoms with Crippen molar-refractivity contribution < 1.29 is 22.2 Å². The van der Waals surface area contributed by atoms with Gasteiger partial charge in [-0.05, 0) is 54.4 Å². The van der Waals surface area contributed by atoms with Gasteiger partial charge in [-0.3, -0.25) is 19.0 Å². The zero-order chi connectivity index (χ0) is 33.9. The second-order valence-corrected chi connectivity index (χ2v) is 16.2. The molecule has 3 aromatic carbocycles. The van der Waals surface area contributed by atoms with Gasteiger partial charge >= 0.3 is 6.03 Å². The molecule has 2 amide bonds. The molecule has 0 N–H and O–H groups in total. The Morgan fingerprint density at radius 1 is 0.957 bits per heavy atom. The minimum absolute atomic E-state index is 0.0683. The van der Waals surface area contributed by atoms with Crippen LogP contribution in [0.5, 0.6) is 5.75 Å².